The highest BCUT2D eigenvalue weighted by molar-refractivity contribution is 7.47. The van der Waals surface area contributed by atoms with E-state index in [1.807, 2.05) is 27.2 Å². The Balaban J connectivity index is 4.22. The van der Waals surface area contributed by atoms with Crippen LogP contribution in [0, 0.1) is 0 Å². The smallest absolute Gasteiger partial charge is 0.472 e. The predicted molar refractivity (Wildman–Crippen MR) is 252 cm³/mol. The molecule has 0 aliphatic heterocycles. The summed E-state index contributed by atoms with van der Waals surface area (Å²) in [5.41, 5.74) is 0. The van der Waals surface area contributed by atoms with E-state index in [4.69, 9.17) is 18.5 Å². The summed E-state index contributed by atoms with van der Waals surface area (Å²) in [6.07, 6.45) is 53.0. The summed E-state index contributed by atoms with van der Waals surface area (Å²) in [5.74, 6) is -0.374. The van der Waals surface area contributed by atoms with Crippen molar-refractivity contribution in [1.29, 1.82) is 0 Å². The molecule has 1 unspecified atom stereocenters. The molecule has 0 heterocycles. The van der Waals surface area contributed by atoms with E-state index < -0.39 is 13.9 Å². The Morgan fingerprint density at radius 1 is 0.525 bits per heavy atom. The van der Waals surface area contributed by atoms with Crippen molar-refractivity contribution in [3.63, 3.8) is 0 Å². The third kappa shape index (κ3) is 47.5. The van der Waals surface area contributed by atoms with Gasteiger partial charge in [-0.3, -0.25) is 13.8 Å². The molecule has 0 aromatic rings. The number of unbranched alkanes of at least 4 members (excludes halogenated alkanes) is 28. The highest BCUT2D eigenvalue weighted by Gasteiger charge is 2.26. The quantitative estimate of drug-likeness (QED) is 0.0163. The summed E-state index contributed by atoms with van der Waals surface area (Å²) in [6.45, 7) is 4.91. The van der Waals surface area contributed by atoms with E-state index in [1.165, 1.54) is 167 Å². The van der Waals surface area contributed by atoms with Crippen LogP contribution in [0.25, 0.3) is 0 Å². The van der Waals surface area contributed by atoms with Gasteiger partial charge in [-0.2, -0.15) is 0 Å². The molecule has 0 radical (unpaired) electrons. The van der Waals surface area contributed by atoms with Crippen molar-refractivity contribution in [2.75, 3.05) is 47.5 Å². The summed E-state index contributed by atoms with van der Waals surface area (Å²) in [5, 5.41) is 0. The number of allylic oxidation sites excluding steroid dienone is 5. The molecule has 348 valence electrons. The number of hydrogen-bond acceptors (Lipinski definition) is 6. The summed E-state index contributed by atoms with van der Waals surface area (Å²) in [7, 11) is 1.62. The lowest BCUT2D eigenvalue weighted by Crippen LogP contribution is -2.37. The number of rotatable bonds is 46. The van der Waals surface area contributed by atoms with Gasteiger partial charge in [0, 0.05) is 6.42 Å². The summed E-state index contributed by atoms with van der Waals surface area (Å²) < 4.78 is 34.8. The van der Waals surface area contributed by atoms with Gasteiger partial charge in [-0.05, 0) is 57.4 Å². The number of ether oxygens (including phenoxy) is 2. The number of likely N-dealkylation sites (N-methyl/N-ethyl adjacent to an activating group) is 1. The van der Waals surface area contributed by atoms with Crippen LogP contribution in [0.1, 0.15) is 226 Å². The van der Waals surface area contributed by atoms with Gasteiger partial charge in [-0.1, -0.05) is 192 Å². The molecule has 0 fully saturated rings. The maximum absolute atomic E-state index is 12.7. The Labute approximate surface area is 365 Å². The molecule has 1 N–H and O–H groups in total. The molecule has 8 nitrogen and oxygen atoms in total. The molecular formula is C50H97NO7P+. The maximum Gasteiger partial charge on any atom is 0.472 e. The molecular weight excluding hydrogens is 758 g/mol. The zero-order valence-electron chi connectivity index (χ0n) is 39.5. The molecule has 0 aliphatic carbocycles. The van der Waals surface area contributed by atoms with Gasteiger partial charge < -0.3 is 18.9 Å². The molecule has 0 saturated carbocycles. The second-order valence-electron chi connectivity index (χ2n) is 17.9. The highest BCUT2D eigenvalue weighted by atomic mass is 31.2. The van der Waals surface area contributed by atoms with Gasteiger partial charge in [0.1, 0.15) is 19.8 Å². The zero-order valence-corrected chi connectivity index (χ0v) is 40.4. The first-order chi connectivity index (χ1) is 28.6. The van der Waals surface area contributed by atoms with Crippen LogP contribution in [-0.2, 0) is 27.9 Å². The van der Waals surface area contributed by atoms with Gasteiger partial charge >= 0.3 is 13.8 Å². The third-order valence-corrected chi connectivity index (χ3v) is 11.7. The lowest BCUT2D eigenvalue weighted by Gasteiger charge is -2.24. The average Bonchev–Trinajstić information content (AvgIpc) is 3.19. The van der Waals surface area contributed by atoms with Crippen molar-refractivity contribution in [2.24, 2.45) is 0 Å². The number of phosphoric ester groups is 1. The summed E-state index contributed by atoms with van der Waals surface area (Å²) >= 11 is 0. The molecule has 0 aromatic carbocycles. The Hall–Kier alpha value is -1.44. The lowest BCUT2D eigenvalue weighted by molar-refractivity contribution is -0.870. The second-order valence-corrected chi connectivity index (χ2v) is 19.4. The lowest BCUT2D eigenvalue weighted by atomic mass is 10.0. The van der Waals surface area contributed by atoms with Crippen molar-refractivity contribution in [3.05, 3.63) is 36.6 Å². The van der Waals surface area contributed by atoms with E-state index in [-0.39, 0.29) is 32.2 Å². The van der Waals surface area contributed by atoms with Crippen molar-refractivity contribution in [2.45, 2.75) is 232 Å². The fraction of sp³-hybridized carbons (Fsp3) is 0.860. The van der Waals surface area contributed by atoms with Crippen LogP contribution in [0.15, 0.2) is 36.6 Å². The van der Waals surface area contributed by atoms with Crippen molar-refractivity contribution >= 4 is 13.8 Å². The number of carbonyl (C=O) groups excluding carboxylic acids is 1. The standard InChI is InChI=1S/C50H96NO7P/c1-6-8-10-12-14-16-18-20-22-23-24-25-26-27-28-29-30-31-33-35-37-39-41-43-50(52)58-49(48-57-59(53,54)56-46-44-51(3,4)5)47-55-45-42-40-38-36-34-32-21-19-17-15-13-11-9-7-2/h29-30,35,37,42,45,49H,6-28,31-34,36,38-41,43-44,46-48H2,1-5H3/p+1/b30-29+,37-35+,45-42+/t49-/m1/s1. The molecule has 0 rings (SSSR count). The second kappa shape index (κ2) is 43.2. The first kappa shape index (κ1) is 57.6. The molecule has 59 heavy (non-hydrogen) atoms. The third-order valence-electron chi connectivity index (χ3n) is 10.7. The van der Waals surface area contributed by atoms with Crippen molar-refractivity contribution in [3.8, 4) is 0 Å². The van der Waals surface area contributed by atoms with Crippen LogP contribution in [0.5, 0.6) is 0 Å². The minimum Gasteiger partial charge on any atom is -0.498 e. The Bertz CT molecular complexity index is 1040. The van der Waals surface area contributed by atoms with Crippen LogP contribution < -0.4 is 0 Å². The molecule has 0 saturated heterocycles. The van der Waals surface area contributed by atoms with E-state index in [0.29, 0.717) is 17.4 Å². The van der Waals surface area contributed by atoms with Gasteiger partial charge in [-0.25, -0.2) is 4.57 Å². The highest BCUT2D eigenvalue weighted by Crippen LogP contribution is 2.43. The maximum atomic E-state index is 12.7. The minimum absolute atomic E-state index is 0.0341. The fourth-order valence-corrected chi connectivity index (χ4v) is 7.63. The summed E-state index contributed by atoms with van der Waals surface area (Å²) in [4.78, 5) is 22.9. The van der Waals surface area contributed by atoms with E-state index in [1.54, 1.807) is 6.26 Å². The first-order valence-electron chi connectivity index (χ1n) is 24.8. The molecule has 2 atom stereocenters. The minimum atomic E-state index is -4.30. The molecule has 0 aromatic heterocycles. The molecule has 0 spiro atoms. The van der Waals surface area contributed by atoms with Gasteiger partial charge in [-0.15, -0.1) is 0 Å². The van der Waals surface area contributed by atoms with Gasteiger partial charge in [0.2, 0.25) is 0 Å². The van der Waals surface area contributed by atoms with Gasteiger partial charge in [0.05, 0.1) is 34.0 Å². The number of quaternary nitrogens is 1. The van der Waals surface area contributed by atoms with E-state index >= 15 is 0 Å². The number of carbonyl (C=O) groups is 1. The molecule has 9 heteroatoms. The van der Waals surface area contributed by atoms with Gasteiger partial charge in [0.25, 0.3) is 0 Å². The fourth-order valence-electron chi connectivity index (χ4n) is 6.89. The Morgan fingerprint density at radius 3 is 1.36 bits per heavy atom. The average molecular weight is 855 g/mol. The molecule has 0 amide bonds. The first-order valence-corrected chi connectivity index (χ1v) is 26.3. The van der Waals surface area contributed by atoms with Crippen molar-refractivity contribution in [1.82, 2.24) is 0 Å². The monoisotopic (exact) mass is 855 g/mol. The Kier molecular flexibility index (Phi) is 42.2. The van der Waals surface area contributed by atoms with Crippen LogP contribution >= 0.6 is 7.82 Å². The predicted octanol–water partition coefficient (Wildman–Crippen LogP) is 15.3. The van der Waals surface area contributed by atoms with Gasteiger partial charge in [0.15, 0.2) is 6.10 Å². The topological polar surface area (TPSA) is 91.3 Å². The molecule has 0 aliphatic rings. The number of hydrogen-bond donors (Lipinski definition) is 1. The van der Waals surface area contributed by atoms with Crippen LogP contribution in [0.2, 0.25) is 0 Å². The number of esters is 1. The van der Waals surface area contributed by atoms with Crippen LogP contribution in [-0.4, -0.2) is 69.0 Å². The van der Waals surface area contributed by atoms with E-state index in [0.717, 1.165) is 32.1 Å². The van der Waals surface area contributed by atoms with E-state index in [9.17, 15) is 14.3 Å². The van der Waals surface area contributed by atoms with Crippen LogP contribution in [0.4, 0.5) is 0 Å². The SMILES string of the molecule is CCCCCCCCCCCCCC/C=C/OC[C@H](COP(=O)(O)OCC[N+](C)(C)C)OC(=O)CCC/C=C/CC/C=C/CCCCCCCCCCCCCCCC. The normalized spacial score (nSPS) is 13.9. The van der Waals surface area contributed by atoms with Crippen molar-refractivity contribution < 1.29 is 37.3 Å². The zero-order chi connectivity index (χ0) is 43.4. The van der Waals surface area contributed by atoms with Crippen LogP contribution in [0.3, 0.4) is 0 Å². The van der Waals surface area contributed by atoms with E-state index in [2.05, 4.69) is 38.2 Å². The summed E-state index contributed by atoms with van der Waals surface area (Å²) in [6, 6.07) is 0. The molecule has 0 bridgehead atoms. The largest absolute Gasteiger partial charge is 0.498 e. The number of phosphoric acid groups is 1. The number of nitrogens with zero attached hydrogens (tertiary/aromatic N) is 1. The Morgan fingerprint density at radius 2 is 0.915 bits per heavy atom.